The van der Waals surface area contributed by atoms with Crippen LogP contribution in [-0.4, -0.2) is 16.2 Å². The summed E-state index contributed by atoms with van der Waals surface area (Å²) in [4.78, 5) is 4.36. The fraction of sp³-hybridized carbons (Fsp3) is 0.188. The lowest BCUT2D eigenvalue weighted by Crippen LogP contribution is -2.10. The maximum absolute atomic E-state index is 5.99. The normalized spacial score (nSPS) is 11.0. The van der Waals surface area contributed by atoms with Gasteiger partial charge in [-0.3, -0.25) is 0 Å². The number of rotatable bonds is 4. The quantitative estimate of drug-likeness (QED) is 0.782. The van der Waals surface area contributed by atoms with Crippen molar-refractivity contribution in [2.45, 2.75) is 13.5 Å². The topological polar surface area (TPSA) is 53.1 Å². The summed E-state index contributed by atoms with van der Waals surface area (Å²) >= 11 is 3.48. The number of aromatic nitrogens is 2. The minimum Gasteiger partial charge on any atom is -0.492 e. The Morgan fingerprint density at radius 2 is 2.10 bits per heavy atom. The van der Waals surface area contributed by atoms with E-state index in [1.165, 1.54) is 5.56 Å². The molecule has 0 aliphatic carbocycles. The van der Waals surface area contributed by atoms with Crippen LogP contribution in [0.5, 0.6) is 5.75 Å². The second-order valence-corrected chi connectivity index (χ2v) is 5.84. The minimum absolute atomic E-state index is 0.510. The van der Waals surface area contributed by atoms with E-state index in [9.17, 15) is 0 Å². The van der Waals surface area contributed by atoms with Gasteiger partial charge in [-0.1, -0.05) is 28.1 Å². The van der Waals surface area contributed by atoms with E-state index in [2.05, 4.69) is 20.9 Å². The summed E-state index contributed by atoms with van der Waals surface area (Å²) in [5, 5.41) is 0. The van der Waals surface area contributed by atoms with Gasteiger partial charge in [0.1, 0.15) is 12.4 Å². The van der Waals surface area contributed by atoms with E-state index in [1.807, 2.05) is 54.0 Å². The van der Waals surface area contributed by atoms with Crippen molar-refractivity contribution >= 4 is 32.9 Å². The predicted octanol–water partition coefficient (Wildman–Crippen LogP) is 3.77. The maximum atomic E-state index is 5.99. The molecular formula is C16H16BrN3O. The van der Waals surface area contributed by atoms with Gasteiger partial charge in [0.15, 0.2) is 0 Å². The van der Waals surface area contributed by atoms with Crippen LogP contribution in [0.2, 0.25) is 0 Å². The van der Waals surface area contributed by atoms with Crippen molar-refractivity contribution in [3.8, 4) is 5.75 Å². The Balaban J connectivity index is 1.76. The standard InChI is InChI=1S/C16H16BrN3O/c1-11-3-2-4-13(9-11)21-8-7-20-15-10-12(17)5-6-14(15)19-16(20)18/h2-6,9-10H,7-8H2,1H3,(H2,18,19). The Labute approximate surface area is 131 Å². The average molecular weight is 346 g/mol. The Bertz CT molecular complexity index is 782. The third-order valence-corrected chi connectivity index (χ3v) is 3.81. The number of imidazole rings is 1. The van der Waals surface area contributed by atoms with E-state index < -0.39 is 0 Å². The molecule has 5 heteroatoms. The number of aryl methyl sites for hydroxylation is 1. The van der Waals surface area contributed by atoms with Gasteiger partial charge in [0.2, 0.25) is 5.95 Å². The van der Waals surface area contributed by atoms with E-state index in [0.717, 1.165) is 21.3 Å². The highest BCUT2D eigenvalue weighted by Crippen LogP contribution is 2.22. The first kappa shape index (κ1) is 13.9. The highest BCUT2D eigenvalue weighted by Gasteiger charge is 2.08. The number of nitrogens with two attached hydrogens (primary N) is 1. The molecule has 21 heavy (non-hydrogen) atoms. The van der Waals surface area contributed by atoms with Crippen LogP contribution in [0.1, 0.15) is 5.56 Å². The Morgan fingerprint density at radius 1 is 1.24 bits per heavy atom. The molecule has 0 unspecified atom stereocenters. The monoisotopic (exact) mass is 345 g/mol. The number of nitrogens with zero attached hydrogens (tertiary/aromatic N) is 2. The molecule has 3 rings (SSSR count). The van der Waals surface area contributed by atoms with E-state index >= 15 is 0 Å². The third-order valence-electron chi connectivity index (χ3n) is 3.31. The number of anilines is 1. The summed E-state index contributed by atoms with van der Waals surface area (Å²) < 4.78 is 8.76. The molecule has 108 valence electrons. The lowest BCUT2D eigenvalue weighted by molar-refractivity contribution is 0.301. The van der Waals surface area contributed by atoms with Gasteiger partial charge in [-0.05, 0) is 42.8 Å². The van der Waals surface area contributed by atoms with Gasteiger partial charge in [0.25, 0.3) is 0 Å². The summed E-state index contributed by atoms with van der Waals surface area (Å²) in [7, 11) is 0. The SMILES string of the molecule is Cc1cccc(OCCn2c(N)nc3ccc(Br)cc32)c1. The highest BCUT2D eigenvalue weighted by atomic mass is 79.9. The van der Waals surface area contributed by atoms with Crippen molar-refractivity contribution in [1.82, 2.24) is 9.55 Å². The maximum Gasteiger partial charge on any atom is 0.201 e. The van der Waals surface area contributed by atoms with Crippen molar-refractivity contribution in [3.63, 3.8) is 0 Å². The van der Waals surface area contributed by atoms with Crippen LogP contribution < -0.4 is 10.5 Å². The van der Waals surface area contributed by atoms with Gasteiger partial charge in [-0.25, -0.2) is 4.98 Å². The van der Waals surface area contributed by atoms with E-state index in [0.29, 0.717) is 19.1 Å². The second-order valence-electron chi connectivity index (χ2n) is 4.92. The summed E-state index contributed by atoms with van der Waals surface area (Å²) in [6.45, 7) is 3.25. The zero-order valence-electron chi connectivity index (χ0n) is 11.7. The molecule has 3 aromatic rings. The minimum atomic E-state index is 0.510. The fourth-order valence-corrected chi connectivity index (χ4v) is 2.66. The molecule has 0 fully saturated rings. The van der Waals surface area contributed by atoms with Crippen molar-refractivity contribution in [2.75, 3.05) is 12.3 Å². The molecule has 0 amide bonds. The smallest absolute Gasteiger partial charge is 0.201 e. The van der Waals surface area contributed by atoms with E-state index in [1.54, 1.807) is 0 Å². The van der Waals surface area contributed by atoms with E-state index in [-0.39, 0.29) is 0 Å². The second kappa shape index (κ2) is 5.77. The molecule has 0 saturated heterocycles. The van der Waals surface area contributed by atoms with Gasteiger partial charge in [-0.2, -0.15) is 0 Å². The molecule has 2 N–H and O–H groups in total. The number of fused-ring (bicyclic) bond motifs is 1. The van der Waals surface area contributed by atoms with Gasteiger partial charge in [0.05, 0.1) is 17.6 Å². The number of halogens is 1. The van der Waals surface area contributed by atoms with Gasteiger partial charge < -0.3 is 15.0 Å². The zero-order valence-corrected chi connectivity index (χ0v) is 13.3. The number of benzene rings is 2. The van der Waals surface area contributed by atoms with Crippen LogP contribution in [-0.2, 0) is 6.54 Å². The number of hydrogen-bond donors (Lipinski definition) is 1. The molecule has 0 spiro atoms. The Morgan fingerprint density at radius 3 is 2.90 bits per heavy atom. The Kier molecular flexibility index (Phi) is 3.84. The molecule has 0 aliphatic heterocycles. The molecular weight excluding hydrogens is 330 g/mol. The Hall–Kier alpha value is -2.01. The lowest BCUT2D eigenvalue weighted by Gasteiger charge is -2.09. The molecule has 0 radical (unpaired) electrons. The first-order valence-electron chi connectivity index (χ1n) is 6.74. The number of ether oxygens (including phenoxy) is 1. The van der Waals surface area contributed by atoms with Crippen molar-refractivity contribution in [1.29, 1.82) is 0 Å². The first-order valence-corrected chi connectivity index (χ1v) is 7.53. The van der Waals surface area contributed by atoms with Crippen LogP contribution in [0.3, 0.4) is 0 Å². The molecule has 0 atom stereocenters. The summed E-state index contributed by atoms with van der Waals surface area (Å²) in [5.74, 6) is 1.38. The molecule has 0 aliphatic rings. The van der Waals surface area contributed by atoms with Gasteiger partial charge in [0, 0.05) is 4.47 Å². The van der Waals surface area contributed by atoms with E-state index in [4.69, 9.17) is 10.5 Å². The molecule has 2 aromatic carbocycles. The molecule has 1 aromatic heterocycles. The van der Waals surface area contributed by atoms with Crippen LogP contribution in [0.4, 0.5) is 5.95 Å². The number of hydrogen-bond acceptors (Lipinski definition) is 3. The average Bonchev–Trinajstić information content (AvgIpc) is 2.75. The van der Waals surface area contributed by atoms with Crippen molar-refractivity contribution < 1.29 is 4.74 Å². The molecule has 0 bridgehead atoms. The van der Waals surface area contributed by atoms with Crippen molar-refractivity contribution in [2.24, 2.45) is 0 Å². The van der Waals surface area contributed by atoms with Crippen molar-refractivity contribution in [3.05, 3.63) is 52.5 Å². The van der Waals surface area contributed by atoms with Crippen LogP contribution in [0.25, 0.3) is 11.0 Å². The van der Waals surface area contributed by atoms with Crippen LogP contribution in [0, 0.1) is 6.92 Å². The zero-order chi connectivity index (χ0) is 14.8. The molecule has 0 saturated carbocycles. The lowest BCUT2D eigenvalue weighted by atomic mass is 10.2. The van der Waals surface area contributed by atoms with Gasteiger partial charge >= 0.3 is 0 Å². The predicted molar refractivity (Wildman–Crippen MR) is 88.5 cm³/mol. The van der Waals surface area contributed by atoms with Crippen LogP contribution in [0.15, 0.2) is 46.9 Å². The highest BCUT2D eigenvalue weighted by molar-refractivity contribution is 9.10. The fourth-order valence-electron chi connectivity index (χ4n) is 2.31. The molecule has 1 heterocycles. The first-order chi connectivity index (χ1) is 10.1. The summed E-state index contributed by atoms with van der Waals surface area (Å²) in [5.41, 5.74) is 9.08. The summed E-state index contributed by atoms with van der Waals surface area (Å²) in [6.07, 6.45) is 0. The molecule has 4 nitrogen and oxygen atoms in total. The summed E-state index contributed by atoms with van der Waals surface area (Å²) in [6, 6.07) is 13.9. The van der Waals surface area contributed by atoms with Gasteiger partial charge in [-0.15, -0.1) is 0 Å². The third kappa shape index (κ3) is 3.03. The number of nitrogen functional groups attached to an aromatic ring is 1. The largest absolute Gasteiger partial charge is 0.492 e. The van der Waals surface area contributed by atoms with Crippen LogP contribution >= 0.6 is 15.9 Å².